The van der Waals surface area contributed by atoms with E-state index in [0.717, 1.165) is 22.8 Å². The summed E-state index contributed by atoms with van der Waals surface area (Å²) >= 11 is 18.3. The van der Waals surface area contributed by atoms with E-state index in [4.69, 9.17) is 54.6 Å². The number of imidazole rings is 1. The number of carboxylic acid groups (broad SMARTS) is 2. The van der Waals surface area contributed by atoms with Crippen LogP contribution in [0.15, 0.2) is 48.7 Å². The highest BCUT2D eigenvalue weighted by atomic mass is 35.5. The molecular formula is C19H16Cl3N3O4. The highest BCUT2D eigenvalue weighted by Crippen LogP contribution is 2.27. The molecule has 10 heteroatoms. The van der Waals surface area contributed by atoms with Gasteiger partial charge in [0.2, 0.25) is 5.95 Å². The van der Waals surface area contributed by atoms with Gasteiger partial charge in [-0.2, -0.15) is 0 Å². The quantitative estimate of drug-likeness (QED) is 0.486. The van der Waals surface area contributed by atoms with Gasteiger partial charge in [0, 0.05) is 24.2 Å². The Bertz CT molecular complexity index is 1030. The number of hydrogen-bond donors (Lipinski definition) is 3. The van der Waals surface area contributed by atoms with Crippen LogP contribution in [0.1, 0.15) is 5.56 Å². The summed E-state index contributed by atoms with van der Waals surface area (Å²) in [6, 6.07) is 13.3. The third kappa shape index (κ3) is 6.12. The summed E-state index contributed by atoms with van der Waals surface area (Å²) in [5.74, 6) is -2.90. The number of anilines is 1. The molecule has 0 atom stereocenters. The van der Waals surface area contributed by atoms with Crippen molar-refractivity contribution in [2.75, 3.05) is 5.32 Å². The Morgan fingerprint density at radius 1 is 1.07 bits per heavy atom. The Morgan fingerprint density at radius 3 is 2.34 bits per heavy atom. The summed E-state index contributed by atoms with van der Waals surface area (Å²) in [6.07, 6.45) is 1.81. The number of aliphatic carboxylic acids is 2. The van der Waals surface area contributed by atoms with Gasteiger partial charge in [0.15, 0.2) is 0 Å². The van der Waals surface area contributed by atoms with Gasteiger partial charge >= 0.3 is 11.9 Å². The van der Waals surface area contributed by atoms with Gasteiger partial charge in [-0.3, -0.25) is 0 Å². The van der Waals surface area contributed by atoms with E-state index in [0.29, 0.717) is 21.6 Å². The summed E-state index contributed by atoms with van der Waals surface area (Å²) in [7, 11) is 1.95. The highest BCUT2D eigenvalue weighted by molar-refractivity contribution is 6.42. The summed E-state index contributed by atoms with van der Waals surface area (Å²) in [5.41, 5.74) is 2.92. The standard InChI is InChI=1S/C17H14Cl3N3.C2H2O4/c1-23-15(11-4-2-6-13(18)8-11)10-22-17(23)21-9-12-5-3-7-14(19)16(12)20;3-1(4)2(5)6/h2-8,10H,9H2,1H3,(H,21,22);(H,3,4)(H,5,6). The van der Waals surface area contributed by atoms with Crippen LogP contribution in [0, 0.1) is 0 Å². The molecule has 0 bridgehead atoms. The van der Waals surface area contributed by atoms with Crippen molar-refractivity contribution < 1.29 is 19.8 Å². The third-order valence-electron chi connectivity index (χ3n) is 3.76. The lowest BCUT2D eigenvalue weighted by molar-refractivity contribution is -0.159. The van der Waals surface area contributed by atoms with E-state index in [2.05, 4.69) is 10.3 Å². The lowest BCUT2D eigenvalue weighted by Crippen LogP contribution is -2.09. The van der Waals surface area contributed by atoms with E-state index >= 15 is 0 Å². The zero-order valence-corrected chi connectivity index (χ0v) is 17.3. The maximum absolute atomic E-state index is 9.10. The molecule has 2 aromatic carbocycles. The van der Waals surface area contributed by atoms with E-state index in [1.807, 2.05) is 54.2 Å². The Balaban J connectivity index is 0.000000438. The minimum Gasteiger partial charge on any atom is -0.473 e. The number of carboxylic acids is 2. The number of benzene rings is 2. The summed E-state index contributed by atoms with van der Waals surface area (Å²) in [6.45, 7) is 0.541. The molecule has 0 aliphatic heterocycles. The molecule has 0 unspecified atom stereocenters. The summed E-state index contributed by atoms with van der Waals surface area (Å²) < 4.78 is 1.98. The van der Waals surface area contributed by atoms with E-state index in [1.54, 1.807) is 6.07 Å². The Kier molecular flexibility index (Phi) is 7.90. The first-order chi connectivity index (χ1) is 13.7. The molecule has 0 amide bonds. The molecule has 152 valence electrons. The normalized spacial score (nSPS) is 10.1. The third-order valence-corrected chi connectivity index (χ3v) is 4.85. The average molecular weight is 457 g/mol. The van der Waals surface area contributed by atoms with Crippen LogP contribution >= 0.6 is 34.8 Å². The van der Waals surface area contributed by atoms with Gasteiger partial charge in [-0.05, 0) is 23.8 Å². The van der Waals surface area contributed by atoms with Crippen molar-refractivity contribution in [3.8, 4) is 11.3 Å². The topological polar surface area (TPSA) is 104 Å². The molecule has 7 nitrogen and oxygen atoms in total. The van der Waals surface area contributed by atoms with E-state index < -0.39 is 11.9 Å². The molecule has 3 rings (SSSR count). The SMILES string of the molecule is Cn1c(-c2cccc(Cl)c2)cnc1NCc1cccc(Cl)c1Cl.O=C(O)C(=O)O. The Morgan fingerprint density at radius 2 is 1.72 bits per heavy atom. The monoisotopic (exact) mass is 455 g/mol. The molecule has 0 radical (unpaired) electrons. The fourth-order valence-corrected chi connectivity index (χ4v) is 2.93. The number of carbonyl (C=O) groups is 2. The van der Waals surface area contributed by atoms with Gasteiger partial charge in [0.1, 0.15) is 0 Å². The van der Waals surface area contributed by atoms with E-state index in [9.17, 15) is 0 Å². The highest BCUT2D eigenvalue weighted by Gasteiger charge is 2.10. The summed E-state index contributed by atoms with van der Waals surface area (Å²) in [4.78, 5) is 22.6. The first kappa shape index (κ1) is 22.5. The van der Waals surface area contributed by atoms with Gasteiger partial charge in [0.05, 0.1) is 21.9 Å². The number of aromatic nitrogens is 2. The van der Waals surface area contributed by atoms with Crippen molar-refractivity contribution in [1.29, 1.82) is 0 Å². The Hall–Kier alpha value is -2.74. The van der Waals surface area contributed by atoms with Gasteiger partial charge in [-0.25, -0.2) is 14.6 Å². The minimum atomic E-state index is -1.82. The molecule has 1 heterocycles. The second-order valence-electron chi connectivity index (χ2n) is 5.71. The van der Waals surface area contributed by atoms with Crippen LogP contribution in [-0.4, -0.2) is 31.7 Å². The van der Waals surface area contributed by atoms with Crippen LogP contribution in [0.4, 0.5) is 5.95 Å². The second kappa shape index (κ2) is 10.2. The lowest BCUT2D eigenvalue weighted by atomic mass is 10.2. The molecule has 0 aliphatic carbocycles. The first-order valence-electron chi connectivity index (χ1n) is 8.11. The van der Waals surface area contributed by atoms with Gasteiger partial charge in [0.25, 0.3) is 0 Å². The average Bonchev–Trinajstić information content (AvgIpc) is 3.04. The number of hydrogen-bond acceptors (Lipinski definition) is 4. The van der Waals surface area contributed by atoms with Crippen LogP contribution < -0.4 is 5.32 Å². The molecule has 3 N–H and O–H groups in total. The van der Waals surface area contributed by atoms with Crippen molar-refractivity contribution in [3.05, 3.63) is 69.3 Å². The van der Waals surface area contributed by atoms with Crippen molar-refractivity contribution in [3.63, 3.8) is 0 Å². The van der Waals surface area contributed by atoms with Crippen LogP contribution in [0.2, 0.25) is 15.1 Å². The minimum absolute atomic E-state index is 0.541. The number of rotatable bonds is 4. The van der Waals surface area contributed by atoms with Crippen LogP contribution in [-0.2, 0) is 23.2 Å². The van der Waals surface area contributed by atoms with Gasteiger partial charge < -0.3 is 20.1 Å². The van der Waals surface area contributed by atoms with Gasteiger partial charge in [-0.15, -0.1) is 0 Å². The molecule has 3 aromatic rings. The molecule has 0 aliphatic rings. The number of halogens is 3. The molecule has 1 aromatic heterocycles. The smallest absolute Gasteiger partial charge is 0.414 e. The fraction of sp³-hybridized carbons (Fsp3) is 0.105. The molecule has 29 heavy (non-hydrogen) atoms. The first-order valence-corrected chi connectivity index (χ1v) is 9.24. The zero-order chi connectivity index (χ0) is 21.6. The maximum atomic E-state index is 9.10. The summed E-state index contributed by atoms with van der Waals surface area (Å²) in [5, 5.41) is 19.9. The molecule has 0 saturated heterocycles. The number of nitrogens with zero attached hydrogens (tertiary/aromatic N) is 2. The zero-order valence-electron chi connectivity index (χ0n) is 15.1. The van der Waals surface area contributed by atoms with Gasteiger partial charge in [-0.1, -0.05) is 59.1 Å². The fourth-order valence-electron chi connectivity index (χ4n) is 2.35. The van der Waals surface area contributed by atoms with Crippen molar-refractivity contribution in [1.82, 2.24) is 9.55 Å². The Labute approximate surface area is 181 Å². The largest absolute Gasteiger partial charge is 0.473 e. The predicted octanol–water partition coefficient (Wildman–Crippen LogP) is 4.82. The van der Waals surface area contributed by atoms with Crippen LogP contribution in [0.5, 0.6) is 0 Å². The molecular weight excluding hydrogens is 441 g/mol. The molecule has 0 spiro atoms. The van der Waals surface area contributed by atoms with Crippen molar-refractivity contribution in [2.24, 2.45) is 7.05 Å². The number of nitrogens with one attached hydrogen (secondary N) is 1. The van der Waals surface area contributed by atoms with Crippen molar-refractivity contribution in [2.45, 2.75) is 6.54 Å². The van der Waals surface area contributed by atoms with E-state index in [-0.39, 0.29) is 0 Å². The molecule has 0 saturated carbocycles. The lowest BCUT2D eigenvalue weighted by Gasteiger charge is -2.10. The maximum Gasteiger partial charge on any atom is 0.414 e. The molecule has 0 fully saturated rings. The predicted molar refractivity (Wildman–Crippen MR) is 113 cm³/mol. The van der Waals surface area contributed by atoms with E-state index in [1.165, 1.54) is 0 Å². The van der Waals surface area contributed by atoms with Crippen LogP contribution in [0.25, 0.3) is 11.3 Å². The second-order valence-corrected chi connectivity index (χ2v) is 6.93. The van der Waals surface area contributed by atoms with Crippen LogP contribution in [0.3, 0.4) is 0 Å². The van der Waals surface area contributed by atoms with Crippen molar-refractivity contribution >= 4 is 52.7 Å².